The maximum atomic E-state index is 6.03. The van der Waals surface area contributed by atoms with Gasteiger partial charge in [0.2, 0.25) is 5.51 Å². The molecular formula is C32H60NO3S+. The highest BCUT2D eigenvalue weighted by atomic mass is 32.1. The number of thiazole rings is 1. The van der Waals surface area contributed by atoms with Crippen LogP contribution in [0.15, 0.2) is 17.1 Å². The molecule has 216 valence electrons. The van der Waals surface area contributed by atoms with E-state index >= 15 is 0 Å². The Balaban J connectivity index is 1.24. The van der Waals surface area contributed by atoms with Gasteiger partial charge in [0.05, 0.1) is 18.6 Å². The lowest BCUT2D eigenvalue weighted by atomic mass is 10.0. The molecule has 1 saturated heterocycles. The van der Waals surface area contributed by atoms with Crippen LogP contribution in [-0.4, -0.2) is 32.2 Å². The van der Waals surface area contributed by atoms with Crippen molar-refractivity contribution in [2.75, 3.05) is 19.8 Å². The molecule has 0 saturated carbocycles. The molecule has 1 aromatic heterocycles. The van der Waals surface area contributed by atoms with Crippen LogP contribution >= 0.6 is 11.3 Å². The third kappa shape index (κ3) is 19.3. The van der Waals surface area contributed by atoms with Gasteiger partial charge in [0, 0.05) is 13.0 Å². The molecule has 0 unspecified atom stereocenters. The Kier molecular flexibility index (Phi) is 21.7. The van der Waals surface area contributed by atoms with Crippen molar-refractivity contribution in [1.29, 1.82) is 0 Å². The zero-order valence-electron chi connectivity index (χ0n) is 24.4. The van der Waals surface area contributed by atoms with Crippen LogP contribution in [0.5, 0.6) is 0 Å². The number of hydrogen-bond acceptors (Lipinski definition) is 4. The van der Waals surface area contributed by atoms with E-state index in [-0.39, 0.29) is 12.4 Å². The Labute approximate surface area is 233 Å². The predicted molar refractivity (Wildman–Crippen MR) is 157 cm³/mol. The first-order valence-corrected chi connectivity index (χ1v) is 17.1. The van der Waals surface area contributed by atoms with E-state index < -0.39 is 0 Å². The summed E-state index contributed by atoms with van der Waals surface area (Å²) in [5.41, 5.74) is 2.18. The number of rotatable bonds is 27. The molecule has 0 radical (unpaired) electrons. The van der Waals surface area contributed by atoms with E-state index in [2.05, 4.69) is 28.6 Å². The SMILES string of the molecule is CCCCCCCCCCCCCCCCCCC[C@H]1OC[C@H](COCCCCCC[n+]2ccsc2)O1. The molecule has 1 aliphatic heterocycles. The number of hydrogen-bond donors (Lipinski definition) is 0. The zero-order valence-corrected chi connectivity index (χ0v) is 25.2. The minimum atomic E-state index is -0.000421. The highest BCUT2D eigenvalue weighted by Crippen LogP contribution is 2.19. The summed E-state index contributed by atoms with van der Waals surface area (Å²) in [4.78, 5) is 0. The summed E-state index contributed by atoms with van der Waals surface area (Å²) in [6.07, 6.45) is 32.3. The number of unbranched alkanes of at least 4 members (excludes halogenated alkanes) is 19. The molecule has 1 aliphatic rings. The van der Waals surface area contributed by atoms with Gasteiger partial charge in [-0.2, -0.15) is 4.57 Å². The van der Waals surface area contributed by atoms with E-state index in [1.807, 2.05) is 0 Å². The van der Waals surface area contributed by atoms with Crippen molar-refractivity contribution in [2.45, 2.75) is 167 Å². The van der Waals surface area contributed by atoms with Gasteiger partial charge in [-0.3, -0.25) is 0 Å². The molecule has 0 N–H and O–H groups in total. The lowest BCUT2D eigenvalue weighted by Crippen LogP contribution is -2.29. The summed E-state index contributed by atoms with van der Waals surface area (Å²) in [7, 11) is 0. The second-order valence-electron chi connectivity index (χ2n) is 11.2. The van der Waals surface area contributed by atoms with Gasteiger partial charge in [-0.15, -0.1) is 0 Å². The third-order valence-electron chi connectivity index (χ3n) is 7.64. The van der Waals surface area contributed by atoms with Crippen LogP contribution in [0, 0.1) is 0 Å². The molecule has 5 heteroatoms. The molecule has 0 aliphatic carbocycles. The molecule has 0 amide bonds. The van der Waals surface area contributed by atoms with Crippen molar-refractivity contribution >= 4 is 11.3 Å². The van der Waals surface area contributed by atoms with E-state index in [4.69, 9.17) is 14.2 Å². The van der Waals surface area contributed by atoms with Crippen LogP contribution in [0.25, 0.3) is 0 Å². The zero-order chi connectivity index (χ0) is 26.1. The Morgan fingerprint density at radius 1 is 0.730 bits per heavy atom. The first-order chi connectivity index (χ1) is 18.4. The van der Waals surface area contributed by atoms with Gasteiger partial charge < -0.3 is 14.2 Å². The van der Waals surface area contributed by atoms with Crippen LogP contribution in [0.2, 0.25) is 0 Å². The van der Waals surface area contributed by atoms with E-state index in [1.54, 1.807) is 11.3 Å². The van der Waals surface area contributed by atoms with E-state index in [0.717, 1.165) is 26.0 Å². The Morgan fingerprint density at radius 3 is 1.89 bits per heavy atom. The second kappa shape index (κ2) is 24.5. The summed E-state index contributed by atoms with van der Waals surface area (Å²) in [5.74, 6) is 0. The van der Waals surface area contributed by atoms with Crippen LogP contribution in [-0.2, 0) is 20.8 Å². The van der Waals surface area contributed by atoms with Gasteiger partial charge in [0.25, 0.3) is 0 Å². The number of nitrogens with zero attached hydrogens (tertiary/aromatic N) is 1. The van der Waals surface area contributed by atoms with E-state index in [1.165, 1.54) is 128 Å². The van der Waals surface area contributed by atoms with Crippen molar-refractivity contribution in [3.05, 3.63) is 17.1 Å². The molecule has 2 heterocycles. The molecule has 1 fully saturated rings. The largest absolute Gasteiger partial charge is 0.379 e. The Morgan fingerprint density at radius 2 is 1.30 bits per heavy atom. The van der Waals surface area contributed by atoms with Gasteiger partial charge in [-0.25, -0.2) is 0 Å². The smallest absolute Gasteiger partial charge is 0.224 e. The molecule has 0 spiro atoms. The minimum Gasteiger partial charge on any atom is -0.379 e. The lowest BCUT2D eigenvalue weighted by Gasteiger charge is -2.12. The standard InChI is InChI=1S/C32H60NO3S/c1-2-3-4-5-6-7-8-9-10-11-12-13-14-15-16-17-20-23-32-35-29-31(36-32)28-34-26-22-19-18-21-24-33-25-27-37-30-33/h25,27,30-32H,2-24,26,28-29H2,1H3/q+1/t31-,32-/m0/s1. The molecule has 37 heavy (non-hydrogen) atoms. The average Bonchev–Trinajstić information content (AvgIpc) is 3.60. The van der Waals surface area contributed by atoms with Crippen molar-refractivity contribution in [3.8, 4) is 0 Å². The fourth-order valence-corrected chi connectivity index (χ4v) is 5.87. The summed E-state index contributed by atoms with van der Waals surface area (Å²) in [5, 5.41) is 2.13. The first-order valence-electron chi connectivity index (χ1n) is 16.1. The highest BCUT2D eigenvalue weighted by Gasteiger charge is 2.25. The summed E-state index contributed by atoms with van der Waals surface area (Å²) < 4.78 is 20.0. The maximum absolute atomic E-state index is 6.03. The summed E-state index contributed by atoms with van der Waals surface area (Å²) in [6, 6.07) is 0. The number of ether oxygens (including phenoxy) is 3. The monoisotopic (exact) mass is 538 g/mol. The number of aryl methyl sites for hydroxylation is 1. The molecule has 0 aromatic carbocycles. The molecular weight excluding hydrogens is 478 g/mol. The first kappa shape index (κ1) is 32.7. The topological polar surface area (TPSA) is 31.6 Å². The Hall–Kier alpha value is -0.490. The normalized spacial score (nSPS) is 17.6. The van der Waals surface area contributed by atoms with Gasteiger partial charge >= 0.3 is 0 Å². The fourth-order valence-electron chi connectivity index (χ4n) is 5.24. The average molecular weight is 539 g/mol. The van der Waals surface area contributed by atoms with Crippen molar-refractivity contribution in [2.24, 2.45) is 0 Å². The molecule has 2 atom stereocenters. The lowest BCUT2D eigenvalue weighted by molar-refractivity contribution is -0.692. The van der Waals surface area contributed by atoms with Crippen LogP contribution < -0.4 is 4.57 Å². The van der Waals surface area contributed by atoms with Crippen molar-refractivity contribution < 1.29 is 18.8 Å². The van der Waals surface area contributed by atoms with Crippen LogP contribution in [0.3, 0.4) is 0 Å². The number of aromatic nitrogens is 1. The van der Waals surface area contributed by atoms with Crippen molar-refractivity contribution in [3.63, 3.8) is 0 Å². The molecule has 2 rings (SSSR count). The summed E-state index contributed by atoms with van der Waals surface area (Å²) in [6.45, 7) is 5.65. The van der Waals surface area contributed by atoms with Crippen molar-refractivity contribution in [1.82, 2.24) is 0 Å². The van der Waals surface area contributed by atoms with Gasteiger partial charge in [0.15, 0.2) is 12.5 Å². The molecule has 0 bridgehead atoms. The molecule has 1 aromatic rings. The minimum absolute atomic E-state index is 0.000421. The van der Waals surface area contributed by atoms with Crippen LogP contribution in [0.4, 0.5) is 0 Å². The van der Waals surface area contributed by atoms with Gasteiger partial charge in [0.1, 0.15) is 12.6 Å². The maximum Gasteiger partial charge on any atom is 0.224 e. The van der Waals surface area contributed by atoms with E-state index in [0.29, 0.717) is 13.2 Å². The quantitative estimate of drug-likeness (QED) is 0.0826. The highest BCUT2D eigenvalue weighted by molar-refractivity contribution is 7.07. The van der Waals surface area contributed by atoms with Crippen LogP contribution in [0.1, 0.15) is 148 Å². The summed E-state index contributed by atoms with van der Waals surface area (Å²) >= 11 is 1.76. The van der Waals surface area contributed by atoms with Gasteiger partial charge in [-0.1, -0.05) is 127 Å². The fraction of sp³-hybridized carbons (Fsp3) is 0.906. The van der Waals surface area contributed by atoms with E-state index in [9.17, 15) is 0 Å². The Bertz CT molecular complexity index is 583. The molecule has 4 nitrogen and oxygen atoms in total. The second-order valence-corrected chi connectivity index (χ2v) is 12.0. The third-order valence-corrected chi connectivity index (χ3v) is 8.31. The predicted octanol–water partition coefficient (Wildman–Crippen LogP) is 9.40. The van der Waals surface area contributed by atoms with Gasteiger partial charge in [-0.05, 0) is 25.7 Å².